The summed E-state index contributed by atoms with van der Waals surface area (Å²) < 4.78 is 13.8. The molecule has 0 saturated heterocycles. The van der Waals surface area contributed by atoms with Gasteiger partial charge in [-0.25, -0.2) is 0 Å². The molecule has 0 spiro atoms. The summed E-state index contributed by atoms with van der Waals surface area (Å²) in [6.45, 7) is 2.02. The molecule has 2 aromatic heterocycles. The lowest BCUT2D eigenvalue weighted by Crippen LogP contribution is -2.46. The molecule has 6 heteroatoms. The molecule has 2 heterocycles. The van der Waals surface area contributed by atoms with Crippen molar-refractivity contribution in [1.29, 1.82) is 5.26 Å². The van der Waals surface area contributed by atoms with Gasteiger partial charge >= 0.3 is 0 Å². The van der Waals surface area contributed by atoms with Crippen LogP contribution in [-0.4, -0.2) is 27.8 Å². The van der Waals surface area contributed by atoms with E-state index in [4.69, 9.17) is 9.47 Å². The number of hydrogen-bond acceptors (Lipinski definition) is 5. The molecule has 3 aromatic rings. The Morgan fingerprint density at radius 3 is 2.69 bits per heavy atom. The summed E-state index contributed by atoms with van der Waals surface area (Å²) in [5, 5.41) is 18.7. The third kappa shape index (κ3) is 3.02. The molecule has 5 rings (SSSR count). The molecule has 0 unspecified atom stereocenters. The van der Waals surface area contributed by atoms with Crippen molar-refractivity contribution in [1.82, 2.24) is 14.6 Å². The first-order valence-corrected chi connectivity index (χ1v) is 10.2. The Balaban J connectivity index is 1.35. The van der Waals surface area contributed by atoms with Crippen molar-refractivity contribution < 1.29 is 9.47 Å². The first kappa shape index (κ1) is 18.0. The van der Waals surface area contributed by atoms with E-state index in [-0.39, 0.29) is 6.10 Å². The number of benzene rings is 1. The molecular formula is C23H24N4O2. The predicted octanol–water partition coefficient (Wildman–Crippen LogP) is 4.00. The summed E-state index contributed by atoms with van der Waals surface area (Å²) in [4.78, 5) is 0. The zero-order valence-corrected chi connectivity index (χ0v) is 16.8. The maximum absolute atomic E-state index is 9.89. The maximum Gasteiger partial charge on any atom is 0.167 e. The maximum atomic E-state index is 9.89. The summed E-state index contributed by atoms with van der Waals surface area (Å²) in [7, 11) is 1.64. The number of aryl methyl sites for hydroxylation is 1. The molecule has 0 bridgehead atoms. The fraction of sp³-hybridized carbons (Fsp3) is 0.435. The lowest BCUT2D eigenvalue weighted by Gasteiger charge is -2.43. The normalized spacial score (nSPS) is 23.4. The highest BCUT2D eigenvalue weighted by atomic mass is 16.5. The molecule has 0 radical (unpaired) electrons. The van der Waals surface area contributed by atoms with E-state index in [9.17, 15) is 5.26 Å². The van der Waals surface area contributed by atoms with Gasteiger partial charge in [0.25, 0.3) is 0 Å². The first-order chi connectivity index (χ1) is 14.1. The van der Waals surface area contributed by atoms with Gasteiger partial charge in [0.05, 0.1) is 18.6 Å². The first-order valence-electron chi connectivity index (χ1n) is 10.2. The summed E-state index contributed by atoms with van der Waals surface area (Å²) >= 11 is 0. The number of hydrogen-bond donors (Lipinski definition) is 0. The zero-order valence-electron chi connectivity index (χ0n) is 16.8. The van der Waals surface area contributed by atoms with E-state index >= 15 is 0 Å². The van der Waals surface area contributed by atoms with E-state index in [1.54, 1.807) is 7.11 Å². The van der Waals surface area contributed by atoms with E-state index < -0.39 is 5.41 Å². The molecule has 2 fully saturated rings. The second-order valence-corrected chi connectivity index (χ2v) is 8.30. The number of nitrogens with zero attached hydrogens (tertiary/aromatic N) is 4. The Bertz CT molecular complexity index is 1100. The van der Waals surface area contributed by atoms with E-state index in [1.165, 1.54) is 12.8 Å². The molecule has 0 atom stereocenters. The highest BCUT2D eigenvalue weighted by molar-refractivity contribution is 5.54. The minimum atomic E-state index is -0.554. The number of pyridine rings is 1. The SMILES string of the molecule is COc1ccccc1[C@]1(C#N)C[C@@H](Oc2ccn3c(CC4CC4)nnc3c2C)C1. The molecule has 0 N–H and O–H groups in total. The number of methoxy groups -OCH3 is 1. The lowest BCUT2D eigenvalue weighted by atomic mass is 9.63. The fourth-order valence-electron chi connectivity index (χ4n) is 4.35. The van der Waals surface area contributed by atoms with Crippen LogP contribution in [0.2, 0.25) is 0 Å². The molecule has 148 valence electrons. The average Bonchev–Trinajstić information content (AvgIpc) is 3.44. The van der Waals surface area contributed by atoms with Crippen molar-refractivity contribution in [3.05, 3.63) is 53.5 Å². The van der Waals surface area contributed by atoms with Gasteiger partial charge < -0.3 is 9.47 Å². The van der Waals surface area contributed by atoms with Gasteiger partial charge in [-0.2, -0.15) is 5.26 Å². The minimum Gasteiger partial charge on any atom is -0.496 e. The molecule has 2 aliphatic rings. The molecule has 2 saturated carbocycles. The van der Waals surface area contributed by atoms with Gasteiger partial charge in [0.2, 0.25) is 0 Å². The molecule has 29 heavy (non-hydrogen) atoms. The molecule has 2 aliphatic carbocycles. The number of para-hydroxylation sites is 1. The van der Waals surface area contributed by atoms with Crippen LogP contribution in [0.25, 0.3) is 5.65 Å². The van der Waals surface area contributed by atoms with E-state index in [0.29, 0.717) is 12.8 Å². The van der Waals surface area contributed by atoms with Crippen LogP contribution in [0.4, 0.5) is 0 Å². The van der Waals surface area contributed by atoms with Crippen molar-refractivity contribution in [3.63, 3.8) is 0 Å². The third-order valence-electron chi connectivity index (χ3n) is 6.30. The Morgan fingerprint density at radius 1 is 1.17 bits per heavy atom. The molecule has 0 amide bonds. The number of ether oxygens (including phenoxy) is 2. The van der Waals surface area contributed by atoms with Crippen molar-refractivity contribution in [2.45, 2.75) is 50.5 Å². The van der Waals surface area contributed by atoms with Gasteiger partial charge in [-0.05, 0) is 37.8 Å². The number of nitriles is 1. The van der Waals surface area contributed by atoms with Gasteiger partial charge in [-0.3, -0.25) is 4.40 Å². The van der Waals surface area contributed by atoms with Crippen LogP contribution in [0.3, 0.4) is 0 Å². The number of rotatable bonds is 6. The minimum absolute atomic E-state index is 0.00503. The molecule has 0 aliphatic heterocycles. The summed E-state index contributed by atoms with van der Waals surface area (Å²) in [6.07, 6.45) is 6.88. The van der Waals surface area contributed by atoms with Crippen molar-refractivity contribution >= 4 is 5.65 Å². The number of fused-ring (bicyclic) bond motifs is 1. The Morgan fingerprint density at radius 2 is 1.97 bits per heavy atom. The largest absolute Gasteiger partial charge is 0.496 e. The Labute approximate surface area is 170 Å². The zero-order chi connectivity index (χ0) is 20.0. The molecule has 6 nitrogen and oxygen atoms in total. The van der Waals surface area contributed by atoms with Crippen LogP contribution in [0.15, 0.2) is 36.5 Å². The number of aromatic nitrogens is 3. The predicted molar refractivity (Wildman–Crippen MR) is 108 cm³/mol. The highest BCUT2D eigenvalue weighted by Gasteiger charge is 2.49. The Hall–Kier alpha value is -3.07. The van der Waals surface area contributed by atoms with Gasteiger partial charge in [-0.15, -0.1) is 10.2 Å². The van der Waals surface area contributed by atoms with Gasteiger partial charge in [0, 0.05) is 36.6 Å². The van der Waals surface area contributed by atoms with Crippen LogP contribution < -0.4 is 9.47 Å². The summed E-state index contributed by atoms with van der Waals surface area (Å²) in [5.74, 6) is 3.37. The molecule has 1 aromatic carbocycles. The van der Waals surface area contributed by atoms with Crippen molar-refractivity contribution in [3.8, 4) is 17.6 Å². The van der Waals surface area contributed by atoms with Crippen molar-refractivity contribution in [2.24, 2.45) is 5.92 Å². The van der Waals surface area contributed by atoms with Crippen LogP contribution in [0.1, 0.15) is 42.6 Å². The second-order valence-electron chi connectivity index (χ2n) is 8.30. The van der Waals surface area contributed by atoms with E-state index in [0.717, 1.165) is 46.4 Å². The van der Waals surface area contributed by atoms with E-state index in [2.05, 4.69) is 20.7 Å². The third-order valence-corrected chi connectivity index (χ3v) is 6.30. The van der Waals surface area contributed by atoms with Crippen LogP contribution in [0.5, 0.6) is 11.5 Å². The molecular weight excluding hydrogens is 364 g/mol. The van der Waals surface area contributed by atoms with E-state index in [1.807, 2.05) is 43.5 Å². The monoisotopic (exact) mass is 388 g/mol. The van der Waals surface area contributed by atoms with Crippen LogP contribution in [-0.2, 0) is 11.8 Å². The lowest BCUT2D eigenvalue weighted by molar-refractivity contribution is 0.0650. The van der Waals surface area contributed by atoms with Crippen LogP contribution in [0, 0.1) is 24.2 Å². The van der Waals surface area contributed by atoms with Gasteiger partial charge in [0.1, 0.15) is 23.4 Å². The fourth-order valence-corrected chi connectivity index (χ4v) is 4.35. The highest BCUT2D eigenvalue weighted by Crippen LogP contribution is 2.48. The second kappa shape index (κ2) is 6.77. The Kier molecular flexibility index (Phi) is 4.20. The van der Waals surface area contributed by atoms with Crippen LogP contribution >= 0.6 is 0 Å². The van der Waals surface area contributed by atoms with Gasteiger partial charge in [-0.1, -0.05) is 18.2 Å². The quantitative estimate of drug-likeness (QED) is 0.638. The van der Waals surface area contributed by atoms with Gasteiger partial charge in [0.15, 0.2) is 5.65 Å². The summed E-state index contributed by atoms with van der Waals surface area (Å²) in [6, 6.07) is 12.3. The smallest absolute Gasteiger partial charge is 0.167 e. The standard InChI is InChI=1S/C23H24N4O2/c1-15-19(9-10-27-21(11-16-7-8-16)25-26-22(15)27)29-17-12-23(13-17,14-24)18-5-3-4-6-20(18)28-2/h3-6,9-10,16-17H,7-8,11-13H2,1-2H3/t17-,23-. The van der Waals surface area contributed by atoms with Crippen molar-refractivity contribution in [2.75, 3.05) is 7.11 Å². The topological polar surface area (TPSA) is 72.4 Å². The summed E-state index contributed by atoms with van der Waals surface area (Å²) in [5.41, 5.74) is 2.24. The average molecular weight is 388 g/mol.